The maximum Gasteiger partial charge on any atom is 0.234 e. The van der Waals surface area contributed by atoms with E-state index in [0.717, 1.165) is 22.8 Å². The first-order valence-corrected chi connectivity index (χ1v) is 8.56. The number of hydrogen-bond acceptors (Lipinski definition) is 5. The molecule has 0 saturated carbocycles. The Balaban J connectivity index is 1.39. The number of aryl methyl sites for hydroxylation is 2. The highest BCUT2D eigenvalue weighted by Gasteiger charge is 2.06. The van der Waals surface area contributed by atoms with Crippen LogP contribution in [-0.4, -0.2) is 32.3 Å². The summed E-state index contributed by atoms with van der Waals surface area (Å²) in [5.74, 6) is 0.0765. The van der Waals surface area contributed by atoms with Gasteiger partial charge in [0.05, 0.1) is 0 Å². The summed E-state index contributed by atoms with van der Waals surface area (Å²) in [6, 6.07) is 8.46. The third-order valence-corrected chi connectivity index (χ3v) is 4.63. The van der Waals surface area contributed by atoms with Crippen LogP contribution in [0.3, 0.4) is 0 Å². The second-order valence-electron chi connectivity index (χ2n) is 5.32. The van der Waals surface area contributed by atoms with Crippen molar-refractivity contribution in [1.29, 1.82) is 0 Å². The average molecular weight is 329 g/mol. The van der Waals surface area contributed by atoms with Crippen molar-refractivity contribution in [3.63, 3.8) is 0 Å². The molecule has 0 atom stereocenters. The van der Waals surface area contributed by atoms with Gasteiger partial charge in [-0.3, -0.25) is 4.79 Å². The van der Waals surface area contributed by atoms with Crippen LogP contribution in [-0.2, 0) is 24.1 Å². The molecule has 1 amide bonds. The summed E-state index contributed by atoms with van der Waals surface area (Å²) in [5, 5.41) is 15.9. The van der Waals surface area contributed by atoms with Gasteiger partial charge in [0.2, 0.25) is 10.9 Å². The van der Waals surface area contributed by atoms with Crippen LogP contribution in [0.5, 0.6) is 0 Å². The van der Waals surface area contributed by atoms with Crippen molar-refractivity contribution in [1.82, 2.24) is 25.1 Å². The molecule has 0 saturated heterocycles. The molecule has 120 valence electrons. The molecule has 23 heavy (non-hydrogen) atoms. The molecule has 3 aromatic rings. The second kappa shape index (κ2) is 7.32. The molecule has 0 bridgehead atoms. The molecule has 0 unspecified atom stereocenters. The quantitative estimate of drug-likeness (QED) is 0.720. The fourth-order valence-electron chi connectivity index (χ4n) is 2.30. The number of amides is 1. The molecular weight excluding hydrogens is 310 g/mol. The van der Waals surface area contributed by atoms with Gasteiger partial charge in [-0.05, 0) is 24.0 Å². The molecular formula is C16H19N5OS. The zero-order valence-electron chi connectivity index (χ0n) is 13.0. The number of nitrogens with zero attached hydrogens (tertiary/aromatic N) is 4. The number of carbonyl (C=O) groups excluding carboxylic acids is 1. The molecule has 0 spiro atoms. The fourth-order valence-corrected chi connectivity index (χ4v) is 3.11. The minimum atomic E-state index is 0.0765. The van der Waals surface area contributed by atoms with E-state index in [-0.39, 0.29) is 5.91 Å². The zero-order chi connectivity index (χ0) is 16.1. The van der Waals surface area contributed by atoms with Gasteiger partial charge in [0.15, 0.2) is 0 Å². The van der Waals surface area contributed by atoms with E-state index in [0.29, 0.717) is 19.4 Å². The maximum absolute atomic E-state index is 11.9. The van der Waals surface area contributed by atoms with Crippen LogP contribution in [0, 0.1) is 0 Å². The Morgan fingerprint density at radius 2 is 2.00 bits per heavy atom. The summed E-state index contributed by atoms with van der Waals surface area (Å²) in [6.07, 6.45) is 4.62. The van der Waals surface area contributed by atoms with Crippen LogP contribution < -0.4 is 5.32 Å². The predicted molar refractivity (Wildman–Crippen MR) is 89.5 cm³/mol. The van der Waals surface area contributed by atoms with Crippen molar-refractivity contribution in [2.24, 2.45) is 0 Å². The van der Waals surface area contributed by atoms with Crippen LogP contribution in [0.1, 0.15) is 29.5 Å². The van der Waals surface area contributed by atoms with Gasteiger partial charge in [0, 0.05) is 19.4 Å². The van der Waals surface area contributed by atoms with E-state index in [4.69, 9.17) is 0 Å². The van der Waals surface area contributed by atoms with Crippen molar-refractivity contribution in [3.05, 3.63) is 46.7 Å². The fraction of sp³-hybridized carbons (Fsp3) is 0.375. The lowest BCUT2D eigenvalue weighted by molar-refractivity contribution is -0.121. The predicted octanol–water partition coefficient (Wildman–Crippen LogP) is 2.04. The van der Waals surface area contributed by atoms with Crippen molar-refractivity contribution in [2.75, 3.05) is 6.54 Å². The van der Waals surface area contributed by atoms with Gasteiger partial charge in [-0.15, -0.1) is 10.2 Å². The highest BCUT2D eigenvalue weighted by Crippen LogP contribution is 2.11. The lowest BCUT2D eigenvalue weighted by atomic mass is 10.1. The highest BCUT2D eigenvalue weighted by molar-refractivity contribution is 7.16. The van der Waals surface area contributed by atoms with Crippen molar-refractivity contribution in [2.45, 2.75) is 32.6 Å². The van der Waals surface area contributed by atoms with Crippen LogP contribution in [0.2, 0.25) is 0 Å². The molecule has 2 aromatic heterocycles. The molecule has 0 aliphatic heterocycles. The van der Waals surface area contributed by atoms with E-state index in [9.17, 15) is 4.79 Å². The number of carbonyl (C=O) groups is 1. The summed E-state index contributed by atoms with van der Waals surface area (Å²) in [5.41, 5.74) is 2.52. The van der Waals surface area contributed by atoms with Gasteiger partial charge in [0.1, 0.15) is 11.3 Å². The van der Waals surface area contributed by atoms with E-state index < -0.39 is 0 Å². The molecule has 7 heteroatoms. The van der Waals surface area contributed by atoms with Crippen LogP contribution >= 0.6 is 11.3 Å². The Morgan fingerprint density at radius 1 is 1.22 bits per heavy atom. The highest BCUT2D eigenvalue weighted by atomic mass is 32.1. The average Bonchev–Trinajstić information content (AvgIpc) is 3.15. The molecule has 0 aliphatic carbocycles. The molecule has 0 aliphatic rings. The number of fused-ring (bicyclic) bond motifs is 1. The normalized spacial score (nSPS) is 11.0. The van der Waals surface area contributed by atoms with Crippen molar-refractivity contribution in [3.8, 4) is 0 Å². The number of benzene rings is 1. The number of rotatable bonds is 7. The van der Waals surface area contributed by atoms with Gasteiger partial charge in [-0.2, -0.15) is 9.61 Å². The minimum Gasteiger partial charge on any atom is -0.356 e. The lowest BCUT2D eigenvalue weighted by Crippen LogP contribution is -2.25. The Bertz CT molecular complexity index is 749. The summed E-state index contributed by atoms with van der Waals surface area (Å²) in [7, 11) is 0. The van der Waals surface area contributed by atoms with E-state index >= 15 is 0 Å². The van der Waals surface area contributed by atoms with E-state index in [1.165, 1.54) is 22.5 Å². The first-order chi connectivity index (χ1) is 11.2. The number of nitrogens with one attached hydrogen (secondary N) is 1. The molecule has 0 radical (unpaired) electrons. The third-order valence-electron chi connectivity index (χ3n) is 3.66. The molecule has 1 N–H and O–H groups in total. The van der Waals surface area contributed by atoms with Gasteiger partial charge in [0.25, 0.3) is 0 Å². The van der Waals surface area contributed by atoms with Gasteiger partial charge < -0.3 is 5.32 Å². The second-order valence-corrected chi connectivity index (χ2v) is 6.36. The Labute approximate surface area is 138 Å². The van der Waals surface area contributed by atoms with Crippen LogP contribution in [0.15, 0.2) is 30.6 Å². The third kappa shape index (κ3) is 4.13. The smallest absolute Gasteiger partial charge is 0.234 e. The summed E-state index contributed by atoms with van der Waals surface area (Å²) >= 11 is 1.50. The summed E-state index contributed by atoms with van der Waals surface area (Å²) < 4.78 is 1.65. The molecule has 6 nitrogen and oxygen atoms in total. The lowest BCUT2D eigenvalue weighted by Gasteiger charge is -2.05. The number of aromatic nitrogens is 4. The first-order valence-electron chi connectivity index (χ1n) is 7.75. The van der Waals surface area contributed by atoms with E-state index in [1.807, 2.05) is 0 Å². The monoisotopic (exact) mass is 329 g/mol. The largest absolute Gasteiger partial charge is 0.356 e. The van der Waals surface area contributed by atoms with Crippen LogP contribution in [0.4, 0.5) is 0 Å². The maximum atomic E-state index is 11.9. The topological polar surface area (TPSA) is 72.2 Å². The van der Waals surface area contributed by atoms with E-state index in [2.05, 4.69) is 51.8 Å². The van der Waals surface area contributed by atoms with E-state index in [1.54, 1.807) is 10.8 Å². The Hall–Kier alpha value is -2.28. The zero-order valence-corrected chi connectivity index (χ0v) is 13.8. The first kappa shape index (κ1) is 15.6. The molecule has 0 fully saturated rings. The summed E-state index contributed by atoms with van der Waals surface area (Å²) in [6.45, 7) is 2.73. The SMILES string of the molecule is CCc1ccc(CCC(=O)NCCc2nn3cnnc3s2)cc1. The standard InChI is InChI=1S/C16H19N5OS/c1-2-12-3-5-13(6-4-12)7-8-14(22)17-10-9-15-20-21-11-18-19-16(21)23-15/h3-6,11H,2,7-10H2,1H3,(H,17,22). The molecule has 2 heterocycles. The molecule has 1 aromatic carbocycles. The summed E-state index contributed by atoms with van der Waals surface area (Å²) in [4.78, 5) is 12.7. The van der Waals surface area contributed by atoms with Crippen molar-refractivity contribution < 1.29 is 4.79 Å². The number of hydrogen-bond donors (Lipinski definition) is 1. The Kier molecular flexibility index (Phi) is 4.97. The molecule has 3 rings (SSSR count). The van der Waals surface area contributed by atoms with Gasteiger partial charge >= 0.3 is 0 Å². The Morgan fingerprint density at radius 3 is 2.74 bits per heavy atom. The minimum absolute atomic E-state index is 0.0765. The van der Waals surface area contributed by atoms with Gasteiger partial charge in [-0.25, -0.2) is 0 Å². The van der Waals surface area contributed by atoms with Crippen LogP contribution in [0.25, 0.3) is 4.96 Å². The van der Waals surface area contributed by atoms with Gasteiger partial charge in [-0.1, -0.05) is 42.5 Å². The van der Waals surface area contributed by atoms with Crippen molar-refractivity contribution >= 4 is 22.2 Å².